The van der Waals surface area contributed by atoms with Crippen molar-refractivity contribution in [2.24, 2.45) is 0 Å². The van der Waals surface area contributed by atoms with Crippen LogP contribution in [-0.4, -0.2) is 31.2 Å². The van der Waals surface area contributed by atoms with E-state index in [1.54, 1.807) is 11.3 Å². The molecule has 1 aliphatic heterocycles. The van der Waals surface area contributed by atoms with Crippen molar-refractivity contribution in [3.63, 3.8) is 0 Å². The summed E-state index contributed by atoms with van der Waals surface area (Å²) in [6, 6.07) is 15.4. The zero-order valence-corrected chi connectivity index (χ0v) is 16.0. The van der Waals surface area contributed by atoms with E-state index in [-0.39, 0.29) is 5.41 Å². The van der Waals surface area contributed by atoms with Crippen LogP contribution >= 0.6 is 11.3 Å². The van der Waals surface area contributed by atoms with Crippen molar-refractivity contribution in [1.29, 1.82) is 0 Å². The first kappa shape index (κ1) is 16.6. The van der Waals surface area contributed by atoms with Crippen molar-refractivity contribution < 1.29 is 0 Å². The second kappa shape index (κ2) is 6.43. The normalized spacial score (nSPS) is 15.7. The zero-order chi connectivity index (χ0) is 17.4. The summed E-state index contributed by atoms with van der Waals surface area (Å²) < 4.78 is 1.27. The van der Waals surface area contributed by atoms with Gasteiger partial charge in [0, 0.05) is 31.7 Å². The van der Waals surface area contributed by atoms with Gasteiger partial charge in [-0.1, -0.05) is 51.1 Å². The highest BCUT2D eigenvalue weighted by molar-refractivity contribution is 7.21. The van der Waals surface area contributed by atoms with E-state index in [2.05, 4.69) is 73.5 Å². The topological polar surface area (TPSA) is 28.2 Å². The average Bonchev–Trinajstić information content (AvgIpc) is 3.06. The fourth-order valence-electron chi connectivity index (χ4n) is 3.33. The summed E-state index contributed by atoms with van der Waals surface area (Å²) in [4.78, 5) is 7.46. The molecule has 0 bridgehead atoms. The molecule has 3 nitrogen and oxygen atoms in total. The molecular weight excluding hydrogens is 326 g/mol. The van der Waals surface area contributed by atoms with Crippen molar-refractivity contribution >= 4 is 27.2 Å². The highest BCUT2D eigenvalue weighted by Crippen LogP contribution is 2.36. The van der Waals surface area contributed by atoms with Crippen LogP contribution in [-0.2, 0) is 5.41 Å². The number of hydrogen-bond donors (Lipinski definition) is 1. The Morgan fingerprint density at radius 3 is 2.40 bits per heavy atom. The van der Waals surface area contributed by atoms with Crippen LogP contribution in [0.4, 0.5) is 5.69 Å². The predicted molar refractivity (Wildman–Crippen MR) is 109 cm³/mol. The molecule has 1 fully saturated rings. The summed E-state index contributed by atoms with van der Waals surface area (Å²) in [7, 11) is 0. The number of anilines is 1. The summed E-state index contributed by atoms with van der Waals surface area (Å²) >= 11 is 1.79. The number of nitrogens with one attached hydrogen (secondary N) is 1. The van der Waals surface area contributed by atoms with Crippen LogP contribution in [0.25, 0.3) is 20.8 Å². The van der Waals surface area contributed by atoms with Gasteiger partial charge in [-0.3, -0.25) is 0 Å². The summed E-state index contributed by atoms with van der Waals surface area (Å²) in [5.74, 6) is 0. The minimum absolute atomic E-state index is 0.182. The molecule has 0 atom stereocenters. The van der Waals surface area contributed by atoms with E-state index < -0.39 is 0 Å². The standard InChI is InChI=1S/C21H25N3S/c1-21(2,3)16-9-7-15(8-10-16)20-23-19-17(5-4-6-18(19)25-20)24-13-11-22-12-14-24/h4-10,22H,11-14H2,1-3H3. The van der Waals surface area contributed by atoms with E-state index in [0.29, 0.717) is 0 Å². The Bertz CT molecular complexity index is 868. The number of para-hydroxylation sites is 1. The SMILES string of the molecule is CC(C)(C)c1ccc(-c2nc3c(N4CCNCC4)cccc3s2)cc1. The third kappa shape index (κ3) is 3.29. The van der Waals surface area contributed by atoms with Crippen LogP contribution in [0.5, 0.6) is 0 Å². The van der Waals surface area contributed by atoms with Gasteiger partial charge < -0.3 is 10.2 Å². The average molecular weight is 352 g/mol. The second-order valence-corrected chi connectivity index (χ2v) is 8.74. The minimum atomic E-state index is 0.182. The van der Waals surface area contributed by atoms with E-state index in [1.165, 1.54) is 21.5 Å². The monoisotopic (exact) mass is 351 g/mol. The van der Waals surface area contributed by atoms with Crippen LogP contribution in [0.1, 0.15) is 26.3 Å². The molecule has 1 N–H and O–H groups in total. The number of benzene rings is 2. The number of thiazole rings is 1. The lowest BCUT2D eigenvalue weighted by molar-refractivity contribution is 0.590. The van der Waals surface area contributed by atoms with Crippen LogP contribution in [0, 0.1) is 0 Å². The van der Waals surface area contributed by atoms with Crippen molar-refractivity contribution in [2.75, 3.05) is 31.1 Å². The number of piperazine rings is 1. The lowest BCUT2D eigenvalue weighted by atomic mass is 9.87. The van der Waals surface area contributed by atoms with Crippen LogP contribution < -0.4 is 10.2 Å². The smallest absolute Gasteiger partial charge is 0.124 e. The molecule has 1 saturated heterocycles. The minimum Gasteiger partial charge on any atom is -0.367 e. The first-order valence-electron chi connectivity index (χ1n) is 8.98. The lowest BCUT2D eigenvalue weighted by Gasteiger charge is -2.29. The molecule has 0 aliphatic carbocycles. The van der Waals surface area contributed by atoms with Crippen LogP contribution in [0.2, 0.25) is 0 Å². The largest absolute Gasteiger partial charge is 0.367 e. The van der Waals surface area contributed by atoms with Gasteiger partial charge in [0.2, 0.25) is 0 Å². The van der Waals surface area contributed by atoms with Gasteiger partial charge in [0.25, 0.3) is 0 Å². The van der Waals surface area contributed by atoms with E-state index >= 15 is 0 Å². The molecule has 0 unspecified atom stereocenters. The Morgan fingerprint density at radius 2 is 1.72 bits per heavy atom. The summed E-state index contributed by atoms with van der Waals surface area (Å²) in [6.45, 7) is 10.9. The molecule has 2 heterocycles. The van der Waals surface area contributed by atoms with Gasteiger partial charge in [-0.05, 0) is 23.1 Å². The predicted octanol–water partition coefficient (Wildman–Crippen LogP) is 4.67. The highest BCUT2D eigenvalue weighted by atomic mass is 32.1. The van der Waals surface area contributed by atoms with Gasteiger partial charge in [-0.2, -0.15) is 0 Å². The van der Waals surface area contributed by atoms with Crippen LogP contribution in [0.3, 0.4) is 0 Å². The molecule has 1 aromatic heterocycles. The van der Waals surface area contributed by atoms with Crippen molar-refractivity contribution in [3.8, 4) is 10.6 Å². The van der Waals surface area contributed by atoms with E-state index in [0.717, 1.165) is 36.7 Å². The molecule has 0 amide bonds. The van der Waals surface area contributed by atoms with Gasteiger partial charge in [0.1, 0.15) is 10.5 Å². The molecule has 0 spiro atoms. The molecule has 25 heavy (non-hydrogen) atoms. The summed E-state index contributed by atoms with van der Waals surface area (Å²) in [5.41, 5.74) is 5.16. The van der Waals surface area contributed by atoms with Gasteiger partial charge in [-0.15, -0.1) is 11.3 Å². The molecule has 3 aromatic rings. The van der Waals surface area contributed by atoms with E-state index in [1.807, 2.05) is 0 Å². The molecule has 130 valence electrons. The first-order chi connectivity index (χ1) is 12.0. The van der Waals surface area contributed by atoms with Crippen molar-refractivity contribution in [1.82, 2.24) is 10.3 Å². The molecule has 1 aliphatic rings. The second-order valence-electron chi connectivity index (χ2n) is 7.71. The summed E-state index contributed by atoms with van der Waals surface area (Å²) in [5, 5.41) is 4.53. The molecule has 0 radical (unpaired) electrons. The molecule has 4 rings (SSSR count). The van der Waals surface area contributed by atoms with E-state index in [9.17, 15) is 0 Å². The highest BCUT2D eigenvalue weighted by Gasteiger charge is 2.17. The lowest BCUT2D eigenvalue weighted by Crippen LogP contribution is -2.43. The Kier molecular flexibility index (Phi) is 4.26. The Hall–Kier alpha value is -1.91. The zero-order valence-electron chi connectivity index (χ0n) is 15.2. The fourth-order valence-corrected chi connectivity index (χ4v) is 4.32. The quantitative estimate of drug-likeness (QED) is 0.727. The maximum atomic E-state index is 5.01. The Morgan fingerprint density at radius 1 is 1.00 bits per heavy atom. The molecule has 2 aromatic carbocycles. The third-order valence-corrected chi connectivity index (χ3v) is 5.92. The number of aromatic nitrogens is 1. The van der Waals surface area contributed by atoms with E-state index in [4.69, 9.17) is 4.98 Å². The first-order valence-corrected chi connectivity index (χ1v) is 9.80. The Labute approximate surface area is 153 Å². The van der Waals surface area contributed by atoms with Crippen molar-refractivity contribution in [3.05, 3.63) is 48.0 Å². The fraction of sp³-hybridized carbons (Fsp3) is 0.381. The van der Waals surface area contributed by atoms with Gasteiger partial charge >= 0.3 is 0 Å². The maximum Gasteiger partial charge on any atom is 0.124 e. The van der Waals surface area contributed by atoms with Gasteiger partial charge in [0.05, 0.1) is 10.4 Å². The summed E-state index contributed by atoms with van der Waals surface area (Å²) in [6.07, 6.45) is 0. The number of fused-ring (bicyclic) bond motifs is 1. The van der Waals surface area contributed by atoms with Crippen molar-refractivity contribution in [2.45, 2.75) is 26.2 Å². The van der Waals surface area contributed by atoms with Crippen LogP contribution in [0.15, 0.2) is 42.5 Å². The number of nitrogens with zero attached hydrogens (tertiary/aromatic N) is 2. The molecule has 4 heteroatoms. The van der Waals surface area contributed by atoms with Gasteiger partial charge in [-0.25, -0.2) is 4.98 Å². The number of hydrogen-bond acceptors (Lipinski definition) is 4. The maximum absolute atomic E-state index is 5.01. The Balaban J connectivity index is 1.71. The third-order valence-electron chi connectivity index (χ3n) is 4.85. The number of rotatable bonds is 2. The van der Waals surface area contributed by atoms with Gasteiger partial charge in [0.15, 0.2) is 0 Å². The molecule has 0 saturated carbocycles. The molecular formula is C21H25N3S.